The molecule has 0 amide bonds. The Morgan fingerprint density at radius 2 is 2.05 bits per heavy atom. The van der Waals surface area contributed by atoms with Crippen LogP contribution in [0.25, 0.3) is 10.2 Å². The molecule has 0 saturated heterocycles. The predicted octanol–water partition coefficient (Wildman–Crippen LogP) is 3.95. The van der Waals surface area contributed by atoms with Crippen molar-refractivity contribution in [2.75, 3.05) is 5.73 Å². The van der Waals surface area contributed by atoms with E-state index in [0.29, 0.717) is 15.8 Å². The lowest BCUT2D eigenvalue weighted by Crippen LogP contribution is -1.96. The number of halogens is 1. The molecule has 0 bridgehead atoms. The molecule has 2 aromatic carbocycles. The van der Waals surface area contributed by atoms with Gasteiger partial charge in [-0.2, -0.15) is 0 Å². The molecule has 0 spiro atoms. The molecule has 20 heavy (non-hydrogen) atoms. The molecule has 0 aliphatic rings. The summed E-state index contributed by atoms with van der Waals surface area (Å²) in [4.78, 5) is 4.43. The summed E-state index contributed by atoms with van der Waals surface area (Å²) in [5, 5.41) is 0. The Bertz CT molecular complexity index is 801. The quantitative estimate of drug-likeness (QED) is 0.714. The van der Waals surface area contributed by atoms with Crippen molar-refractivity contribution in [1.82, 2.24) is 4.98 Å². The van der Waals surface area contributed by atoms with Crippen molar-refractivity contribution >= 4 is 54.0 Å². The molecule has 2 N–H and O–H groups in total. The van der Waals surface area contributed by atoms with Crippen LogP contribution in [0.1, 0.15) is 5.56 Å². The number of anilines is 1. The first-order valence-electron chi connectivity index (χ1n) is 5.91. The number of fused-ring (bicyclic) bond motifs is 1. The molecular weight excluding hydrogens is 356 g/mol. The van der Waals surface area contributed by atoms with E-state index in [1.807, 2.05) is 42.5 Å². The van der Waals surface area contributed by atoms with Crippen LogP contribution in [0.5, 0.6) is 0 Å². The zero-order chi connectivity index (χ0) is 14.1. The summed E-state index contributed by atoms with van der Waals surface area (Å²) in [6.45, 7) is 0. The van der Waals surface area contributed by atoms with Gasteiger partial charge in [0.25, 0.3) is 0 Å². The van der Waals surface area contributed by atoms with Crippen LogP contribution in [0.2, 0.25) is 0 Å². The van der Waals surface area contributed by atoms with E-state index in [1.165, 1.54) is 11.3 Å². The van der Waals surface area contributed by atoms with Gasteiger partial charge in [-0.1, -0.05) is 34.1 Å². The highest BCUT2D eigenvalue weighted by Crippen LogP contribution is 2.28. The van der Waals surface area contributed by atoms with Crippen molar-refractivity contribution < 1.29 is 4.21 Å². The highest BCUT2D eigenvalue weighted by atomic mass is 79.9. The Labute approximate surface area is 131 Å². The van der Waals surface area contributed by atoms with Gasteiger partial charge >= 0.3 is 0 Å². The summed E-state index contributed by atoms with van der Waals surface area (Å²) in [7, 11) is -1.15. The number of hydrogen-bond donors (Lipinski definition) is 1. The molecule has 0 fully saturated rings. The van der Waals surface area contributed by atoms with Crippen LogP contribution in [0.4, 0.5) is 5.69 Å². The molecule has 0 aliphatic carbocycles. The lowest BCUT2D eigenvalue weighted by molar-refractivity contribution is 0.682. The number of nitrogens with two attached hydrogens (primary N) is 1. The van der Waals surface area contributed by atoms with Gasteiger partial charge in [-0.05, 0) is 29.8 Å². The number of nitrogen functional groups attached to an aromatic ring is 1. The molecule has 6 heteroatoms. The SMILES string of the molecule is Nc1ccc2nc(S(=O)Cc3ccccc3Br)sc2c1. The number of benzene rings is 2. The fraction of sp³-hybridized carbons (Fsp3) is 0.0714. The van der Waals surface area contributed by atoms with E-state index in [1.54, 1.807) is 0 Å². The summed E-state index contributed by atoms with van der Waals surface area (Å²) in [6, 6.07) is 13.3. The van der Waals surface area contributed by atoms with Gasteiger partial charge in [0, 0.05) is 10.2 Å². The lowest BCUT2D eigenvalue weighted by Gasteiger charge is -2.01. The van der Waals surface area contributed by atoms with Crippen LogP contribution in [0.15, 0.2) is 51.3 Å². The molecule has 1 heterocycles. The molecule has 3 nitrogen and oxygen atoms in total. The van der Waals surface area contributed by atoms with Crippen LogP contribution in [0, 0.1) is 0 Å². The largest absolute Gasteiger partial charge is 0.399 e. The number of rotatable bonds is 3. The standard InChI is InChI=1S/C14H11BrN2OS2/c15-11-4-2-1-3-9(11)8-20(18)14-17-12-6-5-10(16)7-13(12)19-14/h1-7H,8,16H2. The predicted molar refractivity (Wildman–Crippen MR) is 88.3 cm³/mol. The Morgan fingerprint density at radius 3 is 2.85 bits per heavy atom. The topological polar surface area (TPSA) is 56.0 Å². The third kappa shape index (κ3) is 2.77. The summed E-state index contributed by atoms with van der Waals surface area (Å²) >= 11 is 4.91. The van der Waals surface area contributed by atoms with E-state index in [9.17, 15) is 4.21 Å². The minimum Gasteiger partial charge on any atom is -0.399 e. The second-order valence-electron chi connectivity index (χ2n) is 4.29. The summed E-state index contributed by atoms with van der Waals surface area (Å²) in [5.41, 5.74) is 8.31. The van der Waals surface area contributed by atoms with Gasteiger partial charge in [-0.15, -0.1) is 11.3 Å². The van der Waals surface area contributed by atoms with Crippen LogP contribution in [-0.4, -0.2) is 9.19 Å². The Hall–Kier alpha value is -1.24. The highest BCUT2D eigenvalue weighted by Gasteiger charge is 2.13. The van der Waals surface area contributed by atoms with E-state index >= 15 is 0 Å². The summed E-state index contributed by atoms with van der Waals surface area (Å²) in [5.74, 6) is 0.455. The molecule has 3 rings (SSSR count). The maximum absolute atomic E-state index is 12.4. The van der Waals surface area contributed by atoms with Gasteiger partial charge in [-0.25, -0.2) is 4.98 Å². The van der Waals surface area contributed by atoms with Gasteiger partial charge in [0.15, 0.2) is 4.34 Å². The number of thiazole rings is 1. The van der Waals surface area contributed by atoms with E-state index in [4.69, 9.17) is 5.73 Å². The fourth-order valence-electron chi connectivity index (χ4n) is 1.84. The van der Waals surface area contributed by atoms with Gasteiger partial charge in [0.05, 0.1) is 26.8 Å². The second kappa shape index (κ2) is 5.63. The zero-order valence-corrected chi connectivity index (χ0v) is 13.6. The maximum atomic E-state index is 12.4. The molecular formula is C14H11BrN2OS2. The minimum absolute atomic E-state index is 0.455. The van der Waals surface area contributed by atoms with Crippen molar-refractivity contribution in [2.45, 2.75) is 10.1 Å². The molecule has 0 aliphatic heterocycles. The second-order valence-corrected chi connectivity index (χ2v) is 7.80. The molecule has 102 valence electrons. The molecule has 3 aromatic rings. The first kappa shape index (κ1) is 13.7. The molecule has 1 atom stereocenters. The number of nitrogens with zero attached hydrogens (tertiary/aromatic N) is 1. The van der Waals surface area contributed by atoms with Crippen molar-refractivity contribution in [3.8, 4) is 0 Å². The number of hydrogen-bond acceptors (Lipinski definition) is 4. The van der Waals surface area contributed by atoms with Crippen molar-refractivity contribution in [3.05, 3.63) is 52.5 Å². The first-order chi connectivity index (χ1) is 9.63. The lowest BCUT2D eigenvalue weighted by atomic mass is 10.2. The normalized spacial score (nSPS) is 12.7. The number of aromatic nitrogens is 1. The Morgan fingerprint density at radius 1 is 1.25 bits per heavy atom. The molecule has 0 radical (unpaired) electrons. The minimum atomic E-state index is -1.15. The molecule has 1 unspecified atom stereocenters. The third-order valence-corrected chi connectivity index (χ3v) is 6.28. The van der Waals surface area contributed by atoms with Gasteiger partial charge in [-0.3, -0.25) is 4.21 Å². The average Bonchev–Trinajstić information content (AvgIpc) is 2.84. The van der Waals surface area contributed by atoms with E-state index in [0.717, 1.165) is 20.3 Å². The van der Waals surface area contributed by atoms with E-state index < -0.39 is 10.8 Å². The van der Waals surface area contributed by atoms with Crippen LogP contribution < -0.4 is 5.73 Å². The fourth-order valence-corrected chi connectivity index (χ4v) is 4.87. The summed E-state index contributed by atoms with van der Waals surface area (Å²) < 4.78 is 15.0. The van der Waals surface area contributed by atoms with E-state index in [-0.39, 0.29) is 0 Å². The molecule has 1 aromatic heterocycles. The maximum Gasteiger partial charge on any atom is 0.182 e. The van der Waals surface area contributed by atoms with Crippen LogP contribution in [-0.2, 0) is 16.6 Å². The average molecular weight is 367 g/mol. The molecule has 0 saturated carbocycles. The van der Waals surface area contributed by atoms with Crippen LogP contribution >= 0.6 is 27.3 Å². The van der Waals surface area contributed by atoms with E-state index in [2.05, 4.69) is 20.9 Å². The highest BCUT2D eigenvalue weighted by molar-refractivity contribution is 9.10. The Balaban J connectivity index is 1.91. The first-order valence-corrected chi connectivity index (χ1v) is 8.84. The monoisotopic (exact) mass is 366 g/mol. The van der Waals surface area contributed by atoms with Crippen molar-refractivity contribution in [2.24, 2.45) is 0 Å². The summed E-state index contributed by atoms with van der Waals surface area (Å²) in [6.07, 6.45) is 0. The smallest absolute Gasteiger partial charge is 0.182 e. The third-order valence-electron chi connectivity index (χ3n) is 2.83. The van der Waals surface area contributed by atoms with Gasteiger partial charge in [0.1, 0.15) is 0 Å². The Kier molecular flexibility index (Phi) is 3.87. The van der Waals surface area contributed by atoms with Crippen LogP contribution in [0.3, 0.4) is 0 Å². The van der Waals surface area contributed by atoms with Crippen molar-refractivity contribution in [3.63, 3.8) is 0 Å². The van der Waals surface area contributed by atoms with Gasteiger partial charge in [0.2, 0.25) is 0 Å². The van der Waals surface area contributed by atoms with Gasteiger partial charge < -0.3 is 5.73 Å². The zero-order valence-electron chi connectivity index (χ0n) is 10.4. The van der Waals surface area contributed by atoms with Crippen molar-refractivity contribution in [1.29, 1.82) is 0 Å².